The summed E-state index contributed by atoms with van der Waals surface area (Å²) >= 11 is 0. The Kier molecular flexibility index (Phi) is 5.11. The van der Waals surface area contributed by atoms with Crippen molar-refractivity contribution >= 4 is 17.7 Å². The maximum Gasteiger partial charge on any atom is 0.253 e. The van der Waals surface area contributed by atoms with E-state index in [9.17, 15) is 4.79 Å². The van der Waals surface area contributed by atoms with Gasteiger partial charge in [0.2, 0.25) is 0 Å². The lowest BCUT2D eigenvalue weighted by Gasteiger charge is -2.29. The second kappa shape index (κ2) is 8.07. The molecule has 0 unspecified atom stereocenters. The van der Waals surface area contributed by atoms with Crippen molar-refractivity contribution in [2.75, 3.05) is 31.2 Å². The molecule has 0 spiro atoms. The van der Waals surface area contributed by atoms with E-state index in [0.717, 1.165) is 47.0 Å². The SMILES string of the molecule is CCC(=O)C1=Cc2nc(-n3ccc(-c4cccc(C)c4)n3)nc(N3CCOCC3)c2C1. The molecule has 158 valence electrons. The summed E-state index contributed by atoms with van der Waals surface area (Å²) < 4.78 is 7.24. The Hall–Kier alpha value is -3.32. The number of hydrogen-bond acceptors (Lipinski definition) is 6. The van der Waals surface area contributed by atoms with Crippen LogP contribution in [-0.4, -0.2) is 51.8 Å². The van der Waals surface area contributed by atoms with E-state index in [1.54, 1.807) is 4.68 Å². The van der Waals surface area contributed by atoms with Gasteiger partial charge in [0.15, 0.2) is 5.78 Å². The molecule has 2 aliphatic rings. The molecule has 0 saturated carbocycles. The van der Waals surface area contributed by atoms with Crippen LogP contribution in [-0.2, 0) is 16.0 Å². The predicted octanol–water partition coefficient (Wildman–Crippen LogP) is 3.39. The quantitative estimate of drug-likeness (QED) is 0.636. The molecule has 5 rings (SSSR count). The van der Waals surface area contributed by atoms with Crippen molar-refractivity contribution in [3.63, 3.8) is 0 Å². The maximum atomic E-state index is 12.3. The van der Waals surface area contributed by atoms with Crippen molar-refractivity contribution in [3.05, 3.63) is 58.9 Å². The fourth-order valence-electron chi connectivity index (χ4n) is 4.11. The van der Waals surface area contributed by atoms with Crippen molar-refractivity contribution in [3.8, 4) is 17.2 Å². The number of ether oxygens (including phenoxy) is 1. The van der Waals surface area contributed by atoms with E-state index in [1.807, 2.05) is 37.4 Å². The Labute approximate surface area is 181 Å². The number of anilines is 1. The highest BCUT2D eigenvalue weighted by molar-refractivity contribution is 6.01. The zero-order valence-electron chi connectivity index (χ0n) is 17.8. The normalized spacial score (nSPS) is 15.7. The van der Waals surface area contributed by atoms with Gasteiger partial charge in [0.05, 0.1) is 24.6 Å². The number of hydrogen-bond donors (Lipinski definition) is 0. The highest BCUT2D eigenvalue weighted by Gasteiger charge is 2.27. The summed E-state index contributed by atoms with van der Waals surface area (Å²) in [5.74, 6) is 1.56. The lowest BCUT2D eigenvalue weighted by Crippen LogP contribution is -2.37. The molecule has 1 aliphatic heterocycles. The van der Waals surface area contributed by atoms with Gasteiger partial charge in [-0.05, 0) is 25.1 Å². The molecule has 1 fully saturated rings. The largest absolute Gasteiger partial charge is 0.378 e. The first kappa shape index (κ1) is 19.6. The fourth-order valence-corrected chi connectivity index (χ4v) is 4.11. The summed E-state index contributed by atoms with van der Waals surface area (Å²) in [6.07, 6.45) is 4.88. The number of aromatic nitrogens is 4. The molecule has 0 atom stereocenters. The standard InChI is InChI=1S/C24H25N5O2/c1-3-22(30)18-14-19-21(15-18)25-24(26-23(19)28-9-11-31-12-10-28)29-8-7-20(27-29)17-6-4-5-16(2)13-17/h4-8,13,15H,3,9-12,14H2,1-2H3. The average molecular weight is 415 g/mol. The van der Waals surface area contributed by atoms with Crippen LogP contribution in [0.1, 0.15) is 30.2 Å². The van der Waals surface area contributed by atoms with Gasteiger partial charge in [-0.1, -0.05) is 30.7 Å². The van der Waals surface area contributed by atoms with Crippen LogP contribution in [0, 0.1) is 6.92 Å². The molecule has 1 saturated heterocycles. The molecule has 7 heteroatoms. The van der Waals surface area contributed by atoms with E-state index in [1.165, 1.54) is 5.56 Å². The molecule has 3 aromatic rings. The number of ketones is 1. The molecular weight excluding hydrogens is 390 g/mol. The smallest absolute Gasteiger partial charge is 0.253 e. The Morgan fingerprint density at radius 1 is 1.16 bits per heavy atom. The van der Waals surface area contributed by atoms with Gasteiger partial charge in [-0.2, -0.15) is 10.1 Å². The van der Waals surface area contributed by atoms with Crippen molar-refractivity contribution < 1.29 is 9.53 Å². The van der Waals surface area contributed by atoms with E-state index in [2.05, 4.69) is 24.0 Å². The van der Waals surface area contributed by atoms with Gasteiger partial charge in [0, 0.05) is 48.8 Å². The van der Waals surface area contributed by atoms with Crippen LogP contribution >= 0.6 is 0 Å². The minimum Gasteiger partial charge on any atom is -0.378 e. The third-order valence-corrected chi connectivity index (χ3v) is 5.78. The Morgan fingerprint density at radius 3 is 2.77 bits per heavy atom. The van der Waals surface area contributed by atoms with Crippen LogP contribution in [0.5, 0.6) is 0 Å². The van der Waals surface area contributed by atoms with Crippen molar-refractivity contribution in [1.29, 1.82) is 0 Å². The highest BCUT2D eigenvalue weighted by Crippen LogP contribution is 2.33. The first-order chi connectivity index (χ1) is 15.1. The molecule has 0 amide bonds. The van der Waals surface area contributed by atoms with Gasteiger partial charge < -0.3 is 9.64 Å². The Bertz CT molecular complexity index is 1170. The van der Waals surface area contributed by atoms with Crippen LogP contribution in [0.4, 0.5) is 5.82 Å². The van der Waals surface area contributed by atoms with Crippen molar-refractivity contribution in [2.45, 2.75) is 26.7 Å². The number of carbonyl (C=O) groups is 1. The van der Waals surface area contributed by atoms with E-state index in [0.29, 0.717) is 32.0 Å². The number of carbonyl (C=O) groups excluding carboxylic acids is 1. The van der Waals surface area contributed by atoms with Crippen molar-refractivity contribution in [1.82, 2.24) is 19.7 Å². The molecule has 1 aliphatic carbocycles. The van der Waals surface area contributed by atoms with E-state index >= 15 is 0 Å². The number of Topliss-reactive ketones (excluding diaryl/α,β-unsaturated/α-hetero) is 1. The van der Waals surface area contributed by atoms with Crippen LogP contribution in [0.2, 0.25) is 0 Å². The van der Waals surface area contributed by atoms with Crippen LogP contribution in [0.25, 0.3) is 23.3 Å². The number of allylic oxidation sites excluding steroid dienone is 1. The minimum atomic E-state index is 0.160. The maximum absolute atomic E-state index is 12.3. The molecular formula is C24H25N5O2. The lowest BCUT2D eigenvalue weighted by atomic mass is 10.1. The highest BCUT2D eigenvalue weighted by atomic mass is 16.5. The van der Waals surface area contributed by atoms with E-state index in [-0.39, 0.29) is 5.78 Å². The van der Waals surface area contributed by atoms with E-state index in [4.69, 9.17) is 19.8 Å². The lowest BCUT2D eigenvalue weighted by molar-refractivity contribution is -0.115. The number of morpholine rings is 1. The van der Waals surface area contributed by atoms with Gasteiger partial charge in [-0.25, -0.2) is 9.67 Å². The van der Waals surface area contributed by atoms with Gasteiger partial charge in [0.1, 0.15) is 5.82 Å². The monoisotopic (exact) mass is 415 g/mol. The molecule has 2 aromatic heterocycles. The summed E-state index contributed by atoms with van der Waals surface area (Å²) in [5, 5.41) is 4.73. The first-order valence-electron chi connectivity index (χ1n) is 10.7. The third kappa shape index (κ3) is 3.77. The number of fused-ring (bicyclic) bond motifs is 1. The topological polar surface area (TPSA) is 73.1 Å². The third-order valence-electron chi connectivity index (χ3n) is 5.78. The molecule has 3 heterocycles. The summed E-state index contributed by atoms with van der Waals surface area (Å²) in [5.41, 5.74) is 5.76. The molecule has 0 bridgehead atoms. The van der Waals surface area contributed by atoms with Crippen LogP contribution in [0.15, 0.2) is 42.1 Å². The average Bonchev–Trinajstić information content (AvgIpc) is 3.46. The van der Waals surface area contributed by atoms with Gasteiger partial charge in [0.25, 0.3) is 5.95 Å². The molecule has 0 N–H and O–H groups in total. The number of rotatable bonds is 5. The molecule has 7 nitrogen and oxygen atoms in total. The fraction of sp³-hybridized carbons (Fsp3) is 0.333. The Morgan fingerprint density at radius 2 is 2.00 bits per heavy atom. The van der Waals surface area contributed by atoms with E-state index < -0.39 is 0 Å². The van der Waals surface area contributed by atoms with Gasteiger partial charge >= 0.3 is 0 Å². The number of benzene rings is 1. The molecule has 31 heavy (non-hydrogen) atoms. The van der Waals surface area contributed by atoms with Gasteiger partial charge in [-0.15, -0.1) is 0 Å². The predicted molar refractivity (Wildman–Crippen MR) is 119 cm³/mol. The van der Waals surface area contributed by atoms with Gasteiger partial charge in [-0.3, -0.25) is 4.79 Å². The zero-order chi connectivity index (χ0) is 21.4. The number of nitrogens with zero attached hydrogens (tertiary/aromatic N) is 5. The van der Waals surface area contributed by atoms with Crippen LogP contribution in [0.3, 0.4) is 0 Å². The zero-order valence-corrected chi connectivity index (χ0v) is 17.8. The first-order valence-corrected chi connectivity index (χ1v) is 10.7. The number of aryl methyl sites for hydroxylation is 1. The summed E-state index contributed by atoms with van der Waals surface area (Å²) in [7, 11) is 0. The van der Waals surface area contributed by atoms with Crippen LogP contribution < -0.4 is 4.90 Å². The molecule has 0 radical (unpaired) electrons. The Balaban J connectivity index is 1.56. The molecule has 1 aromatic carbocycles. The second-order valence-corrected chi connectivity index (χ2v) is 7.95. The summed E-state index contributed by atoms with van der Waals surface area (Å²) in [6.45, 7) is 6.84. The summed E-state index contributed by atoms with van der Waals surface area (Å²) in [6, 6.07) is 10.2. The minimum absolute atomic E-state index is 0.160. The van der Waals surface area contributed by atoms with Crippen molar-refractivity contribution in [2.24, 2.45) is 0 Å². The second-order valence-electron chi connectivity index (χ2n) is 7.95. The summed E-state index contributed by atoms with van der Waals surface area (Å²) in [4.78, 5) is 24.2.